The molecule has 6 heteroatoms. The molecule has 0 fully saturated rings. The van der Waals surface area contributed by atoms with Crippen molar-refractivity contribution in [3.63, 3.8) is 0 Å². The van der Waals surface area contributed by atoms with Crippen LogP contribution >= 0.6 is 12.2 Å². The normalized spacial score (nSPS) is 14.4. The summed E-state index contributed by atoms with van der Waals surface area (Å²) < 4.78 is 1.85. The summed E-state index contributed by atoms with van der Waals surface area (Å²) in [6, 6.07) is 23.9. The lowest BCUT2D eigenvalue weighted by molar-refractivity contribution is 0.117. The summed E-state index contributed by atoms with van der Waals surface area (Å²) in [5.41, 5.74) is 5.52. The second-order valence-corrected chi connectivity index (χ2v) is 8.80. The number of benzodiazepines with no additional fused rings is 1. The lowest BCUT2D eigenvalue weighted by atomic mass is 9.81. The maximum Gasteiger partial charge on any atom is 0.156 e. The molecule has 178 valence electrons. The van der Waals surface area contributed by atoms with Crippen molar-refractivity contribution in [3.8, 4) is 0 Å². The van der Waals surface area contributed by atoms with Crippen molar-refractivity contribution in [1.82, 2.24) is 9.55 Å². The molecule has 1 aliphatic rings. The number of aliphatic imine (C=N–C) groups is 1. The molecule has 0 radical (unpaired) electrons. The molecule has 3 aromatic carbocycles. The van der Waals surface area contributed by atoms with Crippen LogP contribution in [0.15, 0.2) is 90.3 Å². The van der Waals surface area contributed by atoms with Crippen LogP contribution < -0.4 is 5.32 Å². The van der Waals surface area contributed by atoms with Gasteiger partial charge < -0.3 is 15.0 Å². The minimum Gasteiger partial charge on any atom is -0.374 e. The Morgan fingerprint density at radius 1 is 0.971 bits per heavy atom. The topological polar surface area (TPSA) is 62.4 Å². The molecule has 5 rings (SSSR count). The predicted octanol–water partition coefficient (Wildman–Crippen LogP) is 5.63. The van der Waals surface area contributed by atoms with Gasteiger partial charge in [-0.25, -0.2) is 4.98 Å². The number of aromatic nitrogens is 2. The van der Waals surface area contributed by atoms with E-state index >= 15 is 0 Å². The summed E-state index contributed by atoms with van der Waals surface area (Å²) >= 11 is 5.47. The summed E-state index contributed by atoms with van der Waals surface area (Å²) in [7, 11) is 1.89. The highest BCUT2D eigenvalue weighted by atomic mass is 32.1. The molecule has 4 aromatic rings. The fourth-order valence-electron chi connectivity index (χ4n) is 4.31. The van der Waals surface area contributed by atoms with E-state index in [2.05, 4.69) is 10.3 Å². The first-order valence-electron chi connectivity index (χ1n) is 11.8. The Balaban J connectivity index is 0.00000141. The average Bonchev–Trinajstić information content (AvgIpc) is 3.25. The van der Waals surface area contributed by atoms with E-state index in [0.29, 0.717) is 17.2 Å². The molecule has 1 atom stereocenters. The van der Waals surface area contributed by atoms with Gasteiger partial charge in [0.25, 0.3) is 0 Å². The lowest BCUT2D eigenvalue weighted by Gasteiger charge is -2.30. The number of nitrogens with zero attached hydrogens (tertiary/aromatic N) is 3. The van der Waals surface area contributed by atoms with Crippen molar-refractivity contribution < 1.29 is 5.11 Å². The Morgan fingerprint density at radius 3 is 2.31 bits per heavy atom. The van der Waals surface area contributed by atoms with Gasteiger partial charge in [0, 0.05) is 23.9 Å². The fraction of sp³-hybridized carbons (Fsp3) is 0.207. The number of nitrogens with one attached hydrogen (secondary N) is 1. The van der Waals surface area contributed by atoms with Crippen LogP contribution in [0.2, 0.25) is 0 Å². The maximum atomic E-state index is 12.3. The van der Waals surface area contributed by atoms with Gasteiger partial charge in [-0.05, 0) is 30.2 Å². The Labute approximate surface area is 212 Å². The van der Waals surface area contributed by atoms with Crippen molar-refractivity contribution in [2.45, 2.75) is 26.4 Å². The van der Waals surface area contributed by atoms with Gasteiger partial charge in [0.1, 0.15) is 4.99 Å². The lowest BCUT2D eigenvalue weighted by Crippen LogP contribution is -2.31. The standard InChI is InChI=1S/C27H24N4OS.C2H6/c1-18-8-10-20(11-9-18)27(32,24-15-28-17-31(24)2)21-12-13-23-22(14-21)26(29-16-25(33)30-23)19-6-4-3-5-7-19;1-2/h3-15,17,32H,16H2,1-2H3,(H,30,33);1-2H3. The first kappa shape index (κ1) is 24.5. The van der Waals surface area contributed by atoms with Crippen LogP contribution in [0.5, 0.6) is 0 Å². The number of aliphatic hydroxyl groups is 1. The Morgan fingerprint density at radius 2 is 1.66 bits per heavy atom. The van der Waals surface area contributed by atoms with Crippen molar-refractivity contribution >= 4 is 28.6 Å². The number of aryl methyl sites for hydroxylation is 2. The number of fused-ring (bicyclic) bond motifs is 1. The molecule has 0 saturated carbocycles. The molecular weight excluding hydrogens is 452 g/mol. The number of benzene rings is 3. The molecule has 2 heterocycles. The Kier molecular flexibility index (Phi) is 7.24. The highest BCUT2D eigenvalue weighted by molar-refractivity contribution is 7.80. The van der Waals surface area contributed by atoms with Crippen LogP contribution in [0, 0.1) is 6.92 Å². The monoisotopic (exact) mass is 482 g/mol. The second kappa shape index (κ2) is 10.3. The van der Waals surface area contributed by atoms with E-state index in [9.17, 15) is 5.11 Å². The molecule has 35 heavy (non-hydrogen) atoms. The van der Waals surface area contributed by atoms with Crippen molar-refractivity contribution in [2.75, 3.05) is 11.9 Å². The Bertz CT molecular complexity index is 1360. The third-order valence-electron chi connectivity index (χ3n) is 6.05. The summed E-state index contributed by atoms with van der Waals surface area (Å²) in [5, 5.41) is 15.6. The zero-order chi connectivity index (χ0) is 25.0. The molecule has 0 amide bonds. The van der Waals surface area contributed by atoms with E-state index in [1.165, 1.54) is 0 Å². The molecule has 0 aliphatic carbocycles. The number of rotatable bonds is 4. The summed E-state index contributed by atoms with van der Waals surface area (Å²) in [6.07, 6.45) is 3.42. The van der Waals surface area contributed by atoms with Crippen molar-refractivity contribution in [3.05, 3.63) is 119 Å². The van der Waals surface area contributed by atoms with Gasteiger partial charge >= 0.3 is 0 Å². The van der Waals surface area contributed by atoms with Gasteiger partial charge in [-0.1, -0.05) is 92.3 Å². The van der Waals surface area contributed by atoms with Gasteiger partial charge in [0.2, 0.25) is 0 Å². The fourth-order valence-corrected chi connectivity index (χ4v) is 4.48. The van der Waals surface area contributed by atoms with Gasteiger partial charge in [-0.2, -0.15) is 0 Å². The Hall–Kier alpha value is -3.61. The summed E-state index contributed by atoms with van der Waals surface area (Å²) in [5.74, 6) is 0. The number of thiocarbonyl (C=S) groups is 1. The molecule has 0 spiro atoms. The molecule has 5 nitrogen and oxygen atoms in total. The van der Waals surface area contributed by atoms with Crippen LogP contribution in [-0.2, 0) is 12.6 Å². The highest BCUT2D eigenvalue weighted by Crippen LogP contribution is 2.38. The maximum absolute atomic E-state index is 12.3. The molecule has 1 aliphatic heterocycles. The van der Waals surface area contributed by atoms with Gasteiger partial charge in [0.05, 0.1) is 30.5 Å². The van der Waals surface area contributed by atoms with E-state index in [1.807, 2.05) is 105 Å². The first-order chi connectivity index (χ1) is 17.0. The van der Waals surface area contributed by atoms with Gasteiger partial charge in [-0.3, -0.25) is 4.99 Å². The molecular formula is C29H30N4OS. The number of imidazole rings is 1. The minimum atomic E-state index is -1.40. The van der Waals surface area contributed by atoms with Crippen LogP contribution in [0.4, 0.5) is 5.69 Å². The average molecular weight is 483 g/mol. The third-order valence-corrected chi connectivity index (χ3v) is 6.28. The van der Waals surface area contributed by atoms with Gasteiger partial charge in [-0.15, -0.1) is 0 Å². The van der Waals surface area contributed by atoms with E-state index in [-0.39, 0.29) is 0 Å². The largest absolute Gasteiger partial charge is 0.374 e. The number of anilines is 1. The first-order valence-corrected chi connectivity index (χ1v) is 12.2. The van der Waals surface area contributed by atoms with Crippen LogP contribution in [0.3, 0.4) is 0 Å². The van der Waals surface area contributed by atoms with Crippen LogP contribution in [0.1, 0.15) is 47.4 Å². The highest BCUT2D eigenvalue weighted by Gasteiger charge is 2.37. The van der Waals surface area contributed by atoms with Crippen molar-refractivity contribution in [2.24, 2.45) is 12.0 Å². The van der Waals surface area contributed by atoms with E-state index in [0.717, 1.165) is 39.2 Å². The predicted molar refractivity (Wildman–Crippen MR) is 147 cm³/mol. The van der Waals surface area contributed by atoms with E-state index in [1.54, 1.807) is 12.5 Å². The summed E-state index contributed by atoms with van der Waals surface area (Å²) in [6.45, 7) is 6.44. The summed E-state index contributed by atoms with van der Waals surface area (Å²) in [4.78, 5) is 9.76. The molecule has 1 unspecified atom stereocenters. The molecule has 1 aromatic heterocycles. The van der Waals surface area contributed by atoms with Crippen LogP contribution in [0.25, 0.3) is 0 Å². The second-order valence-electron chi connectivity index (χ2n) is 8.31. The molecule has 0 bridgehead atoms. The minimum absolute atomic E-state index is 0.410. The third kappa shape index (κ3) is 4.67. The zero-order valence-electron chi connectivity index (χ0n) is 20.5. The van der Waals surface area contributed by atoms with E-state index < -0.39 is 5.60 Å². The molecule has 0 saturated heterocycles. The van der Waals surface area contributed by atoms with E-state index in [4.69, 9.17) is 17.2 Å². The zero-order valence-corrected chi connectivity index (χ0v) is 21.3. The SMILES string of the molecule is CC.Cc1ccc(C(O)(c2ccc3c(c2)C(c2ccccc2)=NCC(=S)N3)c2cncn2C)cc1. The van der Waals surface area contributed by atoms with Crippen LogP contribution in [-0.4, -0.2) is 31.9 Å². The number of hydrogen-bond donors (Lipinski definition) is 2. The van der Waals surface area contributed by atoms with Crippen molar-refractivity contribution in [1.29, 1.82) is 0 Å². The number of hydrogen-bond acceptors (Lipinski definition) is 4. The van der Waals surface area contributed by atoms with Gasteiger partial charge in [0.15, 0.2) is 5.60 Å². The molecule has 2 N–H and O–H groups in total. The quantitative estimate of drug-likeness (QED) is 0.370. The smallest absolute Gasteiger partial charge is 0.156 e.